The average Bonchev–Trinajstić information content (AvgIpc) is 2.27. The lowest BCUT2D eigenvalue weighted by atomic mass is 10.1. The maximum atomic E-state index is 11.5. The molecule has 1 aromatic carbocycles. The van der Waals surface area contributed by atoms with Crippen LogP contribution in [0.3, 0.4) is 0 Å². The maximum absolute atomic E-state index is 11.5. The zero-order valence-electron chi connectivity index (χ0n) is 8.83. The van der Waals surface area contributed by atoms with Crippen molar-refractivity contribution in [1.82, 2.24) is 4.98 Å². The van der Waals surface area contributed by atoms with Crippen LogP contribution in [0.25, 0.3) is 10.9 Å². The van der Waals surface area contributed by atoms with Gasteiger partial charge >= 0.3 is 0 Å². The standard InChI is InChI=1S/C12H13NO2/c1-3-8-6-9-7-10(15-2)4-5-11(9)13-12(8)14/h4-7H,3H2,1-2H3,(H,13,14). The second kappa shape index (κ2) is 3.77. The SMILES string of the molecule is CCc1cc2cc(OC)ccc2[nH]c1=O. The van der Waals surface area contributed by atoms with E-state index < -0.39 is 0 Å². The molecule has 0 atom stereocenters. The van der Waals surface area contributed by atoms with Crippen molar-refractivity contribution in [2.75, 3.05) is 7.11 Å². The van der Waals surface area contributed by atoms with E-state index in [0.717, 1.165) is 28.6 Å². The maximum Gasteiger partial charge on any atom is 0.251 e. The minimum Gasteiger partial charge on any atom is -0.497 e. The van der Waals surface area contributed by atoms with Crippen molar-refractivity contribution in [3.63, 3.8) is 0 Å². The normalized spacial score (nSPS) is 10.5. The first-order valence-electron chi connectivity index (χ1n) is 4.94. The molecule has 78 valence electrons. The van der Waals surface area contributed by atoms with Crippen LogP contribution in [0.15, 0.2) is 29.1 Å². The van der Waals surface area contributed by atoms with Gasteiger partial charge in [0.1, 0.15) is 5.75 Å². The van der Waals surface area contributed by atoms with Crippen molar-refractivity contribution in [2.24, 2.45) is 0 Å². The molecule has 0 bridgehead atoms. The molecule has 0 aliphatic carbocycles. The van der Waals surface area contributed by atoms with E-state index in [2.05, 4.69) is 4.98 Å². The zero-order chi connectivity index (χ0) is 10.8. The summed E-state index contributed by atoms with van der Waals surface area (Å²) < 4.78 is 5.13. The zero-order valence-corrected chi connectivity index (χ0v) is 8.83. The van der Waals surface area contributed by atoms with Crippen molar-refractivity contribution in [3.8, 4) is 5.75 Å². The van der Waals surface area contributed by atoms with E-state index in [4.69, 9.17) is 4.74 Å². The van der Waals surface area contributed by atoms with Gasteiger partial charge in [0.25, 0.3) is 5.56 Å². The van der Waals surface area contributed by atoms with E-state index >= 15 is 0 Å². The van der Waals surface area contributed by atoms with Crippen molar-refractivity contribution in [1.29, 1.82) is 0 Å². The van der Waals surface area contributed by atoms with Crippen LogP contribution in [-0.2, 0) is 6.42 Å². The fourth-order valence-corrected chi connectivity index (χ4v) is 1.62. The first-order chi connectivity index (χ1) is 7.24. The van der Waals surface area contributed by atoms with Gasteiger partial charge in [-0.15, -0.1) is 0 Å². The van der Waals surface area contributed by atoms with Gasteiger partial charge in [-0.25, -0.2) is 0 Å². The fraction of sp³-hybridized carbons (Fsp3) is 0.250. The summed E-state index contributed by atoms with van der Waals surface area (Å²) >= 11 is 0. The molecule has 0 aliphatic heterocycles. The average molecular weight is 203 g/mol. The van der Waals surface area contributed by atoms with Gasteiger partial charge in [0.2, 0.25) is 0 Å². The number of fused-ring (bicyclic) bond motifs is 1. The van der Waals surface area contributed by atoms with Gasteiger partial charge in [-0.05, 0) is 30.7 Å². The van der Waals surface area contributed by atoms with E-state index in [9.17, 15) is 4.79 Å². The molecular weight excluding hydrogens is 190 g/mol. The highest BCUT2D eigenvalue weighted by molar-refractivity contribution is 5.80. The third-order valence-electron chi connectivity index (χ3n) is 2.51. The lowest BCUT2D eigenvalue weighted by Gasteiger charge is -2.03. The molecule has 0 saturated carbocycles. The molecule has 0 aliphatic rings. The lowest BCUT2D eigenvalue weighted by Crippen LogP contribution is -2.11. The molecule has 0 fully saturated rings. The van der Waals surface area contributed by atoms with Crippen molar-refractivity contribution in [3.05, 3.63) is 40.2 Å². The highest BCUT2D eigenvalue weighted by Crippen LogP contribution is 2.18. The molecule has 1 N–H and O–H groups in total. The Kier molecular flexibility index (Phi) is 2.46. The second-order valence-corrected chi connectivity index (χ2v) is 3.43. The highest BCUT2D eigenvalue weighted by atomic mass is 16.5. The van der Waals surface area contributed by atoms with Crippen LogP contribution >= 0.6 is 0 Å². The molecule has 0 spiro atoms. The van der Waals surface area contributed by atoms with Gasteiger partial charge < -0.3 is 9.72 Å². The second-order valence-electron chi connectivity index (χ2n) is 3.43. The number of benzene rings is 1. The summed E-state index contributed by atoms with van der Waals surface area (Å²) in [7, 11) is 1.63. The van der Waals surface area contributed by atoms with Gasteiger partial charge in [0.05, 0.1) is 7.11 Å². The molecule has 0 amide bonds. The van der Waals surface area contributed by atoms with Crippen molar-refractivity contribution < 1.29 is 4.74 Å². The number of nitrogens with one attached hydrogen (secondary N) is 1. The molecule has 15 heavy (non-hydrogen) atoms. The summed E-state index contributed by atoms with van der Waals surface area (Å²) in [5, 5.41) is 1.01. The first-order valence-corrected chi connectivity index (χ1v) is 4.94. The highest BCUT2D eigenvalue weighted by Gasteiger charge is 2.01. The molecule has 0 radical (unpaired) electrons. The summed E-state index contributed by atoms with van der Waals surface area (Å²) in [6.45, 7) is 1.97. The quantitative estimate of drug-likeness (QED) is 0.812. The summed E-state index contributed by atoms with van der Waals surface area (Å²) in [6.07, 6.45) is 0.739. The Morgan fingerprint density at radius 1 is 1.33 bits per heavy atom. The molecule has 1 heterocycles. The number of H-pyrrole nitrogens is 1. The minimum absolute atomic E-state index is 0.00448. The summed E-state index contributed by atoms with van der Waals surface area (Å²) in [5.74, 6) is 0.802. The van der Waals surface area contributed by atoms with Crippen LogP contribution in [0, 0.1) is 0 Å². The van der Waals surface area contributed by atoms with Gasteiger partial charge in [-0.3, -0.25) is 4.79 Å². The molecule has 3 nitrogen and oxygen atoms in total. The van der Waals surface area contributed by atoms with Crippen LogP contribution in [0.4, 0.5) is 0 Å². The Balaban J connectivity index is 2.71. The smallest absolute Gasteiger partial charge is 0.251 e. The van der Waals surface area contributed by atoms with Gasteiger partial charge in [0.15, 0.2) is 0 Å². The van der Waals surface area contributed by atoms with E-state index in [1.54, 1.807) is 7.11 Å². The van der Waals surface area contributed by atoms with Crippen molar-refractivity contribution in [2.45, 2.75) is 13.3 Å². The van der Waals surface area contributed by atoms with Crippen LogP contribution in [0.1, 0.15) is 12.5 Å². The number of hydrogen-bond acceptors (Lipinski definition) is 2. The number of aromatic amines is 1. The molecule has 1 aromatic heterocycles. The Bertz CT molecular complexity index is 543. The van der Waals surface area contributed by atoms with E-state index in [-0.39, 0.29) is 5.56 Å². The lowest BCUT2D eigenvalue weighted by molar-refractivity contribution is 0.415. The first kappa shape index (κ1) is 9.77. The summed E-state index contributed by atoms with van der Waals surface area (Å²) in [5.41, 5.74) is 1.64. The number of aryl methyl sites for hydroxylation is 1. The number of pyridine rings is 1. The molecule has 3 heteroatoms. The third-order valence-corrected chi connectivity index (χ3v) is 2.51. The van der Waals surface area contributed by atoms with E-state index in [1.807, 2.05) is 31.2 Å². The Hall–Kier alpha value is -1.77. The van der Waals surface area contributed by atoms with E-state index in [0.29, 0.717) is 0 Å². The van der Waals surface area contributed by atoms with Gasteiger partial charge in [0, 0.05) is 16.5 Å². The minimum atomic E-state index is -0.00448. The fourth-order valence-electron chi connectivity index (χ4n) is 1.62. The van der Waals surface area contributed by atoms with Gasteiger partial charge in [-0.1, -0.05) is 6.92 Å². The van der Waals surface area contributed by atoms with E-state index in [1.165, 1.54) is 0 Å². The largest absolute Gasteiger partial charge is 0.497 e. The Morgan fingerprint density at radius 2 is 2.13 bits per heavy atom. The topological polar surface area (TPSA) is 42.1 Å². The number of ether oxygens (including phenoxy) is 1. The summed E-state index contributed by atoms with van der Waals surface area (Å²) in [6, 6.07) is 7.53. The number of aromatic nitrogens is 1. The van der Waals surface area contributed by atoms with Crippen LogP contribution in [0.5, 0.6) is 5.75 Å². The predicted octanol–water partition coefficient (Wildman–Crippen LogP) is 2.10. The molecular formula is C12H13NO2. The molecule has 0 unspecified atom stereocenters. The van der Waals surface area contributed by atoms with Crippen LogP contribution < -0.4 is 10.3 Å². The third kappa shape index (κ3) is 1.73. The summed E-state index contributed by atoms with van der Waals surface area (Å²) in [4.78, 5) is 14.4. The number of methoxy groups -OCH3 is 1. The molecule has 2 rings (SSSR count). The van der Waals surface area contributed by atoms with Crippen LogP contribution in [-0.4, -0.2) is 12.1 Å². The van der Waals surface area contributed by atoms with Crippen molar-refractivity contribution >= 4 is 10.9 Å². The number of hydrogen-bond donors (Lipinski definition) is 1. The Labute approximate surface area is 87.7 Å². The van der Waals surface area contributed by atoms with Crippen LogP contribution in [0.2, 0.25) is 0 Å². The number of rotatable bonds is 2. The van der Waals surface area contributed by atoms with Gasteiger partial charge in [-0.2, -0.15) is 0 Å². The predicted molar refractivity (Wildman–Crippen MR) is 60.5 cm³/mol. The molecule has 0 saturated heterocycles. The Morgan fingerprint density at radius 3 is 2.80 bits per heavy atom. The molecule has 2 aromatic rings. The monoisotopic (exact) mass is 203 g/mol.